The number of allylic oxidation sites excluding steroid dienone is 1. The third-order valence-corrected chi connectivity index (χ3v) is 5.06. The van der Waals surface area contributed by atoms with E-state index in [1.807, 2.05) is 30.3 Å². The number of ether oxygens (including phenoxy) is 2. The molecule has 1 aliphatic rings. The molecule has 8 nitrogen and oxygen atoms in total. The first-order valence-corrected chi connectivity index (χ1v) is 10.7. The van der Waals surface area contributed by atoms with E-state index in [9.17, 15) is 19.7 Å². The molecule has 0 spiro atoms. The maximum atomic E-state index is 13.1. The molecule has 3 rings (SSSR count). The number of rotatable bonds is 6. The zero-order valence-electron chi connectivity index (χ0n) is 19.1. The van der Waals surface area contributed by atoms with E-state index in [0.717, 1.165) is 5.56 Å². The highest BCUT2D eigenvalue weighted by atomic mass is 16.6. The zero-order valence-corrected chi connectivity index (χ0v) is 19.1. The molecule has 0 aromatic heterocycles. The number of dihydropyridines is 1. The van der Waals surface area contributed by atoms with Crippen LogP contribution in [0.25, 0.3) is 5.70 Å². The van der Waals surface area contributed by atoms with Crippen molar-refractivity contribution >= 4 is 23.3 Å². The number of non-ortho nitro benzene ring substituents is 1. The minimum Gasteiger partial charge on any atom is -0.463 e. The van der Waals surface area contributed by atoms with Crippen molar-refractivity contribution in [2.45, 2.75) is 20.8 Å². The minimum atomic E-state index is -0.940. The number of hydrogen-bond donors (Lipinski definition) is 1. The molecule has 0 aliphatic carbocycles. The van der Waals surface area contributed by atoms with Crippen LogP contribution in [0, 0.1) is 27.9 Å². The molecule has 34 heavy (non-hydrogen) atoms. The number of nitrogens with zero attached hydrogens (tertiary/aromatic N) is 1. The summed E-state index contributed by atoms with van der Waals surface area (Å²) in [5.74, 6) is 3.82. The first kappa shape index (κ1) is 24.3. The van der Waals surface area contributed by atoms with Crippen molar-refractivity contribution < 1.29 is 24.0 Å². The third-order valence-electron chi connectivity index (χ3n) is 5.06. The number of nitro groups is 1. The molecule has 0 amide bonds. The molecule has 174 valence electrons. The van der Waals surface area contributed by atoms with Crippen LogP contribution in [0.2, 0.25) is 0 Å². The molecular weight excluding hydrogens is 436 g/mol. The van der Waals surface area contributed by atoms with Crippen LogP contribution >= 0.6 is 0 Å². The van der Waals surface area contributed by atoms with E-state index in [-0.39, 0.29) is 30.0 Å². The topological polar surface area (TPSA) is 108 Å². The summed E-state index contributed by atoms with van der Waals surface area (Å²) in [6, 6.07) is 14.9. The number of carbonyl (C=O) groups is 2. The van der Waals surface area contributed by atoms with Crippen LogP contribution in [0.1, 0.15) is 31.9 Å². The van der Waals surface area contributed by atoms with Gasteiger partial charge in [-0.05, 0) is 38.5 Å². The number of carbonyl (C=O) groups excluding carboxylic acids is 2. The van der Waals surface area contributed by atoms with E-state index >= 15 is 0 Å². The van der Waals surface area contributed by atoms with Crippen molar-refractivity contribution in [2.24, 2.45) is 5.92 Å². The van der Waals surface area contributed by atoms with E-state index < -0.39 is 22.8 Å². The highest BCUT2D eigenvalue weighted by Crippen LogP contribution is 2.35. The quantitative estimate of drug-likeness (QED) is 0.301. The Hall–Kier alpha value is -4.38. The summed E-state index contributed by atoms with van der Waals surface area (Å²) in [6.45, 7) is 5.41. The summed E-state index contributed by atoms with van der Waals surface area (Å²) >= 11 is 0. The second kappa shape index (κ2) is 11.0. The molecule has 1 aliphatic heterocycles. The molecule has 0 unspecified atom stereocenters. The Morgan fingerprint density at radius 1 is 0.971 bits per heavy atom. The van der Waals surface area contributed by atoms with E-state index in [2.05, 4.69) is 17.2 Å². The van der Waals surface area contributed by atoms with Crippen molar-refractivity contribution in [3.8, 4) is 11.8 Å². The molecule has 0 saturated heterocycles. The van der Waals surface area contributed by atoms with Gasteiger partial charge in [-0.25, -0.2) is 9.59 Å². The normalized spacial score (nSPS) is 15.1. The van der Waals surface area contributed by atoms with Crippen LogP contribution in [-0.4, -0.2) is 30.1 Å². The van der Waals surface area contributed by atoms with Crippen LogP contribution in [0.4, 0.5) is 5.69 Å². The van der Waals surface area contributed by atoms with Gasteiger partial charge in [0.15, 0.2) is 0 Å². The van der Waals surface area contributed by atoms with Gasteiger partial charge >= 0.3 is 11.9 Å². The highest BCUT2D eigenvalue weighted by Gasteiger charge is 2.37. The first-order valence-electron chi connectivity index (χ1n) is 10.7. The van der Waals surface area contributed by atoms with Gasteiger partial charge in [0.2, 0.25) is 0 Å². The fraction of sp³-hybridized carbons (Fsp3) is 0.231. The van der Waals surface area contributed by atoms with Crippen LogP contribution in [0.15, 0.2) is 71.4 Å². The van der Waals surface area contributed by atoms with Crippen molar-refractivity contribution in [3.63, 3.8) is 0 Å². The molecule has 0 saturated carbocycles. The third kappa shape index (κ3) is 5.33. The van der Waals surface area contributed by atoms with E-state index in [1.54, 1.807) is 20.8 Å². The van der Waals surface area contributed by atoms with Gasteiger partial charge in [-0.1, -0.05) is 42.2 Å². The van der Waals surface area contributed by atoms with Gasteiger partial charge in [-0.3, -0.25) is 10.1 Å². The highest BCUT2D eigenvalue weighted by molar-refractivity contribution is 6.04. The Morgan fingerprint density at radius 2 is 1.56 bits per heavy atom. The lowest BCUT2D eigenvalue weighted by molar-refractivity contribution is -0.384. The molecule has 8 heteroatoms. The van der Waals surface area contributed by atoms with Gasteiger partial charge in [0.25, 0.3) is 5.69 Å². The van der Waals surface area contributed by atoms with E-state index in [4.69, 9.17) is 9.47 Å². The summed E-state index contributed by atoms with van der Waals surface area (Å²) < 4.78 is 10.6. The molecule has 1 heterocycles. The molecule has 2 aromatic rings. The summed E-state index contributed by atoms with van der Waals surface area (Å²) in [6.07, 6.45) is 0. The van der Waals surface area contributed by atoms with Crippen LogP contribution in [0.5, 0.6) is 0 Å². The van der Waals surface area contributed by atoms with Crippen LogP contribution in [0.3, 0.4) is 0 Å². The Labute approximate surface area is 197 Å². The largest absolute Gasteiger partial charge is 0.463 e. The summed E-state index contributed by atoms with van der Waals surface area (Å²) in [7, 11) is 0. The SMILES string of the molecule is CCOC(=O)C1=C(C)NC(c2ccccc2)=C(C(=O)OCC)[C@@H]1C#Cc1ccc([N+](=O)[O-])cc1. The van der Waals surface area contributed by atoms with Crippen LogP contribution in [-0.2, 0) is 19.1 Å². The first-order chi connectivity index (χ1) is 16.4. The Kier molecular flexibility index (Phi) is 7.83. The summed E-state index contributed by atoms with van der Waals surface area (Å²) in [5, 5.41) is 14.1. The Bertz CT molecular complexity index is 1220. The fourth-order valence-electron chi connectivity index (χ4n) is 3.53. The lowest BCUT2D eigenvalue weighted by atomic mass is 9.84. The number of hydrogen-bond acceptors (Lipinski definition) is 7. The second-order valence-corrected chi connectivity index (χ2v) is 7.27. The lowest BCUT2D eigenvalue weighted by Gasteiger charge is -2.28. The number of esters is 2. The van der Waals surface area contributed by atoms with Crippen molar-refractivity contribution in [1.82, 2.24) is 5.32 Å². The molecule has 0 bridgehead atoms. The van der Waals surface area contributed by atoms with Crippen molar-refractivity contribution in [2.75, 3.05) is 13.2 Å². The number of nitrogens with one attached hydrogen (secondary N) is 1. The predicted octanol–water partition coefficient (Wildman–Crippen LogP) is 3.98. The maximum absolute atomic E-state index is 13.1. The van der Waals surface area contributed by atoms with Gasteiger partial charge in [-0.15, -0.1) is 0 Å². The molecule has 1 atom stereocenters. The number of benzene rings is 2. The fourth-order valence-corrected chi connectivity index (χ4v) is 3.53. The van der Waals surface area contributed by atoms with Crippen molar-refractivity contribution in [3.05, 3.63) is 92.7 Å². The molecule has 1 N–H and O–H groups in total. The Balaban J connectivity index is 2.19. The standard InChI is InChI=1S/C26H24N2O6/c1-4-33-25(29)22-17(3)27-24(19-9-7-6-8-10-19)23(26(30)34-5-2)21(22)16-13-18-11-14-20(15-12-18)28(31)32/h6-12,14-15,21,27H,4-5H2,1-3H3/t21-/m1/s1. The van der Waals surface area contributed by atoms with Gasteiger partial charge < -0.3 is 14.8 Å². The Morgan fingerprint density at radius 3 is 2.12 bits per heavy atom. The van der Waals surface area contributed by atoms with Crippen LogP contribution < -0.4 is 5.32 Å². The monoisotopic (exact) mass is 460 g/mol. The number of nitro benzene ring substituents is 1. The van der Waals surface area contributed by atoms with Gasteiger partial charge in [0.05, 0.1) is 40.9 Å². The smallest absolute Gasteiger partial charge is 0.337 e. The van der Waals surface area contributed by atoms with E-state index in [0.29, 0.717) is 17.0 Å². The summed E-state index contributed by atoms with van der Waals surface area (Å²) in [4.78, 5) is 36.4. The van der Waals surface area contributed by atoms with Gasteiger partial charge in [0, 0.05) is 23.4 Å². The maximum Gasteiger partial charge on any atom is 0.337 e. The van der Waals surface area contributed by atoms with E-state index in [1.165, 1.54) is 24.3 Å². The van der Waals surface area contributed by atoms with Gasteiger partial charge in [0.1, 0.15) is 0 Å². The predicted molar refractivity (Wildman–Crippen MR) is 126 cm³/mol. The molecule has 2 aromatic carbocycles. The minimum absolute atomic E-state index is 0.0613. The van der Waals surface area contributed by atoms with Crippen molar-refractivity contribution in [1.29, 1.82) is 0 Å². The van der Waals surface area contributed by atoms with Gasteiger partial charge in [-0.2, -0.15) is 0 Å². The summed E-state index contributed by atoms with van der Waals surface area (Å²) in [5.41, 5.74) is 2.56. The zero-order chi connectivity index (χ0) is 24.7. The second-order valence-electron chi connectivity index (χ2n) is 7.27. The molecule has 0 radical (unpaired) electrons. The lowest BCUT2D eigenvalue weighted by Crippen LogP contribution is -2.33. The average Bonchev–Trinajstić information content (AvgIpc) is 2.83. The molecular formula is C26H24N2O6. The molecule has 0 fully saturated rings. The average molecular weight is 460 g/mol.